The van der Waals surface area contributed by atoms with E-state index in [1.54, 1.807) is 13.1 Å². The highest BCUT2D eigenvalue weighted by atomic mass is 16.3. The van der Waals surface area contributed by atoms with Crippen LogP contribution in [0.5, 0.6) is 0 Å². The zero-order valence-electron chi connectivity index (χ0n) is 10.1. The summed E-state index contributed by atoms with van der Waals surface area (Å²) in [6.07, 6.45) is 5.06. The highest BCUT2D eigenvalue weighted by Gasteiger charge is 2.24. The van der Waals surface area contributed by atoms with Gasteiger partial charge in [-0.15, -0.1) is 0 Å². The first kappa shape index (κ1) is 11.4. The van der Waals surface area contributed by atoms with Crippen LogP contribution >= 0.6 is 0 Å². The Balaban J connectivity index is 2.22. The summed E-state index contributed by atoms with van der Waals surface area (Å²) >= 11 is 0. The third-order valence-corrected chi connectivity index (χ3v) is 3.39. The van der Waals surface area contributed by atoms with Crippen molar-refractivity contribution >= 4 is 5.82 Å². The Hall–Kier alpha value is -1.09. The summed E-state index contributed by atoms with van der Waals surface area (Å²) in [5.41, 5.74) is 0.951. The molecule has 0 aromatic carbocycles. The number of rotatable bonds is 3. The minimum absolute atomic E-state index is 0.413. The van der Waals surface area contributed by atoms with Crippen molar-refractivity contribution in [2.75, 3.05) is 11.4 Å². The first-order chi connectivity index (χ1) is 7.72. The molecule has 1 N–H and O–H groups in total. The number of hydrogen-bond acceptors (Lipinski definition) is 3. The van der Waals surface area contributed by atoms with Gasteiger partial charge in [0.15, 0.2) is 0 Å². The molecular weight excluding hydrogens is 200 g/mol. The quantitative estimate of drug-likeness (QED) is 0.850. The van der Waals surface area contributed by atoms with Gasteiger partial charge in [-0.1, -0.05) is 6.92 Å². The van der Waals surface area contributed by atoms with Crippen molar-refractivity contribution in [3.63, 3.8) is 0 Å². The van der Waals surface area contributed by atoms with E-state index in [0.717, 1.165) is 17.9 Å². The lowest BCUT2D eigenvalue weighted by Gasteiger charge is -2.25. The van der Waals surface area contributed by atoms with Crippen molar-refractivity contribution in [3.8, 4) is 0 Å². The molecule has 16 heavy (non-hydrogen) atoms. The van der Waals surface area contributed by atoms with Gasteiger partial charge in [0.1, 0.15) is 5.82 Å². The molecule has 1 aliphatic rings. The molecule has 1 saturated heterocycles. The summed E-state index contributed by atoms with van der Waals surface area (Å²) in [6.45, 7) is 5.11. The third-order valence-electron chi connectivity index (χ3n) is 3.39. The fraction of sp³-hybridized carbons (Fsp3) is 0.615. The molecule has 1 aromatic rings. The number of aliphatic hydroxyl groups excluding tert-OH is 1. The van der Waals surface area contributed by atoms with Gasteiger partial charge in [0.05, 0.1) is 6.10 Å². The number of pyridine rings is 1. The van der Waals surface area contributed by atoms with Gasteiger partial charge in [-0.3, -0.25) is 0 Å². The molecule has 3 heteroatoms. The molecule has 3 nitrogen and oxygen atoms in total. The maximum Gasteiger partial charge on any atom is 0.129 e. The lowest BCUT2D eigenvalue weighted by atomic mass is 10.1. The lowest BCUT2D eigenvalue weighted by molar-refractivity contribution is 0.199. The standard InChI is InChI=1S/C13H20N2O/c1-3-12-5-4-8-15(12)13-9-11(10(2)16)6-7-14-13/h6-7,9-10,12,16H,3-5,8H2,1-2H3. The number of aliphatic hydroxyl groups is 1. The molecule has 1 aromatic heterocycles. The topological polar surface area (TPSA) is 36.4 Å². The highest BCUT2D eigenvalue weighted by Crippen LogP contribution is 2.27. The molecule has 0 amide bonds. The maximum atomic E-state index is 9.57. The molecule has 0 radical (unpaired) electrons. The van der Waals surface area contributed by atoms with Gasteiger partial charge in [-0.25, -0.2) is 4.98 Å². The summed E-state index contributed by atoms with van der Waals surface area (Å²) in [6, 6.07) is 4.51. The third kappa shape index (κ3) is 2.19. The van der Waals surface area contributed by atoms with Crippen LogP contribution < -0.4 is 4.90 Å². The number of aromatic nitrogens is 1. The number of nitrogens with zero attached hydrogens (tertiary/aromatic N) is 2. The monoisotopic (exact) mass is 220 g/mol. The Labute approximate surface area is 97.1 Å². The number of anilines is 1. The molecule has 0 saturated carbocycles. The molecular formula is C13H20N2O. The molecule has 0 bridgehead atoms. The molecule has 1 fully saturated rings. The Bertz CT molecular complexity index is 352. The van der Waals surface area contributed by atoms with Crippen molar-refractivity contribution < 1.29 is 5.11 Å². The first-order valence-corrected chi connectivity index (χ1v) is 6.13. The van der Waals surface area contributed by atoms with Gasteiger partial charge >= 0.3 is 0 Å². The van der Waals surface area contributed by atoms with Crippen LogP contribution in [0.4, 0.5) is 5.82 Å². The Morgan fingerprint density at radius 3 is 3.12 bits per heavy atom. The summed E-state index contributed by atoms with van der Waals surface area (Å²) in [5.74, 6) is 1.02. The molecule has 2 rings (SSSR count). The zero-order valence-corrected chi connectivity index (χ0v) is 10.1. The van der Waals surface area contributed by atoms with Gasteiger partial charge < -0.3 is 10.0 Å². The minimum Gasteiger partial charge on any atom is -0.389 e. The molecule has 0 spiro atoms. The van der Waals surface area contributed by atoms with Gasteiger partial charge in [-0.05, 0) is 43.9 Å². The smallest absolute Gasteiger partial charge is 0.129 e. The van der Waals surface area contributed by atoms with Crippen molar-refractivity contribution in [2.45, 2.75) is 45.3 Å². The molecule has 2 unspecified atom stereocenters. The SMILES string of the molecule is CCC1CCCN1c1cc(C(C)O)ccn1. The average molecular weight is 220 g/mol. The summed E-state index contributed by atoms with van der Waals surface area (Å²) in [4.78, 5) is 6.78. The van der Waals surface area contributed by atoms with E-state index < -0.39 is 6.10 Å². The van der Waals surface area contributed by atoms with Crippen LogP contribution in [-0.4, -0.2) is 22.7 Å². The van der Waals surface area contributed by atoms with Crippen LogP contribution in [-0.2, 0) is 0 Å². The molecule has 2 atom stereocenters. The maximum absolute atomic E-state index is 9.57. The molecule has 1 aliphatic heterocycles. The van der Waals surface area contributed by atoms with Crippen LogP contribution in [0.25, 0.3) is 0 Å². The highest BCUT2D eigenvalue weighted by molar-refractivity contribution is 5.43. The largest absolute Gasteiger partial charge is 0.389 e. The second-order valence-electron chi connectivity index (χ2n) is 4.52. The predicted octanol–water partition coefficient (Wildman–Crippen LogP) is 2.51. The predicted molar refractivity (Wildman–Crippen MR) is 65.5 cm³/mol. The first-order valence-electron chi connectivity index (χ1n) is 6.13. The van der Waals surface area contributed by atoms with E-state index in [2.05, 4.69) is 16.8 Å². The zero-order chi connectivity index (χ0) is 11.5. The fourth-order valence-corrected chi connectivity index (χ4v) is 2.41. The van der Waals surface area contributed by atoms with Gasteiger partial charge in [0, 0.05) is 18.8 Å². The second-order valence-corrected chi connectivity index (χ2v) is 4.52. The lowest BCUT2D eigenvalue weighted by Crippen LogP contribution is -2.29. The van der Waals surface area contributed by atoms with Crippen LogP contribution in [0.1, 0.15) is 44.8 Å². The van der Waals surface area contributed by atoms with E-state index in [9.17, 15) is 5.11 Å². The molecule has 88 valence electrons. The Kier molecular flexibility index (Phi) is 3.44. The summed E-state index contributed by atoms with van der Waals surface area (Å²) in [7, 11) is 0. The molecule has 2 heterocycles. The van der Waals surface area contributed by atoms with Crippen molar-refractivity contribution in [2.24, 2.45) is 0 Å². The van der Waals surface area contributed by atoms with Crippen LogP contribution in [0, 0.1) is 0 Å². The molecule has 0 aliphatic carbocycles. The fourth-order valence-electron chi connectivity index (χ4n) is 2.41. The van der Waals surface area contributed by atoms with Gasteiger partial charge in [0.25, 0.3) is 0 Å². The van der Waals surface area contributed by atoms with Crippen molar-refractivity contribution in [1.82, 2.24) is 4.98 Å². The average Bonchev–Trinajstić information content (AvgIpc) is 2.77. The van der Waals surface area contributed by atoms with E-state index in [-0.39, 0.29) is 0 Å². The Morgan fingerprint density at radius 1 is 1.62 bits per heavy atom. The normalized spacial score (nSPS) is 22.4. The second kappa shape index (κ2) is 4.83. The van der Waals surface area contributed by atoms with Crippen LogP contribution in [0.3, 0.4) is 0 Å². The Morgan fingerprint density at radius 2 is 2.44 bits per heavy atom. The van der Waals surface area contributed by atoms with E-state index in [4.69, 9.17) is 0 Å². The minimum atomic E-state index is -0.413. The number of hydrogen-bond donors (Lipinski definition) is 1. The van der Waals surface area contributed by atoms with E-state index in [1.165, 1.54) is 19.3 Å². The van der Waals surface area contributed by atoms with E-state index >= 15 is 0 Å². The van der Waals surface area contributed by atoms with E-state index in [0.29, 0.717) is 6.04 Å². The summed E-state index contributed by atoms with van der Waals surface area (Å²) in [5, 5.41) is 9.57. The summed E-state index contributed by atoms with van der Waals surface area (Å²) < 4.78 is 0. The van der Waals surface area contributed by atoms with E-state index in [1.807, 2.05) is 12.1 Å². The van der Waals surface area contributed by atoms with Gasteiger partial charge in [-0.2, -0.15) is 0 Å². The van der Waals surface area contributed by atoms with Gasteiger partial charge in [0.2, 0.25) is 0 Å². The van der Waals surface area contributed by atoms with Crippen molar-refractivity contribution in [3.05, 3.63) is 23.9 Å². The van der Waals surface area contributed by atoms with Crippen LogP contribution in [0.15, 0.2) is 18.3 Å². The van der Waals surface area contributed by atoms with Crippen LogP contribution in [0.2, 0.25) is 0 Å². The van der Waals surface area contributed by atoms with Crippen molar-refractivity contribution in [1.29, 1.82) is 0 Å².